The lowest BCUT2D eigenvalue weighted by Gasteiger charge is -2.01. The van der Waals surface area contributed by atoms with Gasteiger partial charge in [-0.3, -0.25) is 4.98 Å². The van der Waals surface area contributed by atoms with E-state index >= 15 is 0 Å². The van der Waals surface area contributed by atoms with Gasteiger partial charge in [0, 0.05) is 17.8 Å². The number of epoxide rings is 1. The van der Waals surface area contributed by atoms with Crippen LogP contribution in [-0.4, -0.2) is 11.6 Å². The van der Waals surface area contributed by atoms with Gasteiger partial charge < -0.3 is 4.74 Å². The summed E-state index contributed by atoms with van der Waals surface area (Å²) in [4.78, 5) is 4.09. The van der Waals surface area contributed by atoms with E-state index in [0.29, 0.717) is 6.10 Å². The van der Waals surface area contributed by atoms with Crippen LogP contribution in [0.3, 0.4) is 0 Å². The average molecular weight is 171 g/mol. The van der Waals surface area contributed by atoms with E-state index < -0.39 is 0 Å². The number of rotatable bonds is 1. The van der Waals surface area contributed by atoms with Crippen molar-refractivity contribution in [2.75, 3.05) is 6.61 Å². The molecule has 3 rings (SSSR count). The summed E-state index contributed by atoms with van der Waals surface area (Å²) in [5.74, 6) is 0. The molecule has 2 heterocycles. The zero-order valence-corrected chi connectivity index (χ0v) is 7.10. The van der Waals surface area contributed by atoms with E-state index in [4.69, 9.17) is 4.74 Å². The zero-order chi connectivity index (χ0) is 8.67. The van der Waals surface area contributed by atoms with E-state index in [0.717, 1.165) is 6.61 Å². The summed E-state index contributed by atoms with van der Waals surface area (Å²) in [5, 5.41) is 2.45. The van der Waals surface area contributed by atoms with E-state index in [1.165, 1.54) is 16.3 Å². The van der Waals surface area contributed by atoms with Crippen LogP contribution in [0.2, 0.25) is 0 Å². The molecular formula is C11H9NO. The Bertz CT molecular complexity index is 443. The molecule has 2 aromatic rings. The lowest BCUT2D eigenvalue weighted by molar-refractivity contribution is 0.417. The van der Waals surface area contributed by atoms with E-state index in [-0.39, 0.29) is 0 Å². The van der Waals surface area contributed by atoms with Gasteiger partial charge in [-0.05, 0) is 17.0 Å². The minimum Gasteiger partial charge on any atom is -0.368 e. The maximum atomic E-state index is 5.28. The van der Waals surface area contributed by atoms with Crippen molar-refractivity contribution < 1.29 is 4.74 Å². The Morgan fingerprint density at radius 3 is 3.08 bits per heavy atom. The number of hydrogen-bond donors (Lipinski definition) is 0. The van der Waals surface area contributed by atoms with E-state index in [2.05, 4.69) is 23.2 Å². The van der Waals surface area contributed by atoms with Crippen molar-refractivity contribution in [3.8, 4) is 0 Å². The first-order valence-corrected chi connectivity index (χ1v) is 4.39. The summed E-state index contributed by atoms with van der Waals surface area (Å²) in [5.41, 5.74) is 1.29. The van der Waals surface area contributed by atoms with Gasteiger partial charge in [-0.2, -0.15) is 0 Å². The van der Waals surface area contributed by atoms with Gasteiger partial charge in [0.25, 0.3) is 0 Å². The summed E-state index contributed by atoms with van der Waals surface area (Å²) >= 11 is 0. The first-order valence-electron chi connectivity index (χ1n) is 4.39. The normalized spacial score (nSPS) is 20.5. The Kier molecular flexibility index (Phi) is 1.37. The van der Waals surface area contributed by atoms with Crippen LogP contribution in [0.15, 0.2) is 36.7 Å². The molecular weight excluding hydrogens is 162 g/mol. The molecule has 0 unspecified atom stereocenters. The van der Waals surface area contributed by atoms with Gasteiger partial charge in [-0.1, -0.05) is 18.2 Å². The van der Waals surface area contributed by atoms with Gasteiger partial charge in [0.05, 0.1) is 6.61 Å². The van der Waals surface area contributed by atoms with Gasteiger partial charge in [0.1, 0.15) is 6.10 Å². The Hall–Kier alpha value is -1.41. The maximum absolute atomic E-state index is 5.28. The molecule has 64 valence electrons. The van der Waals surface area contributed by atoms with E-state index in [1.807, 2.05) is 18.5 Å². The van der Waals surface area contributed by atoms with Gasteiger partial charge in [0.15, 0.2) is 0 Å². The maximum Gasteiger partial charge on any atom is 0.107 e. The van der Waals surface area contributed by atoms with Crippen LogP contribution in [0.5, 0.6) is 0 Å². The zero-order valence-electron chi connectivity index (χ0n) is 7.10. The first kappa shape index (κ1) is 7.04. The molecule has 1 aromatic heterocycles. The minimum atomic E-state index is 0.325. The topological polar surface area (TPSA) is 25.4 Å². The second-order valence-corrected chi connectivity index (χ2v) is 3.27. The smallest absolute Gasteiger partial charge is 0.107 e. The van der Waals surface area contributed by atoms with Gasteiger partial charge >= 0.3 is 0 Å². The lowest BCUT2D eigenvalue weighted by Crippen LogP contribution is -1.84. The lowest BCUT2D eigenvalue weighted by atomic mass is 10.0. The molecule has 0 radical (unpaired) electrons. The predicted octanol–water partition coefficient (Wildman–Crippen LogP) is 2.31. The van der Waals surface area contributed by atoms with Crippen LogP contribution in [0.1, 0.15) is 11.7 Å². The van der Waals surface area contributed by atoms with Crippen LogP contribution in [0.25, 0.3) is 10.8 Å². The highest BCUT2D eigenvalue weighted by molar-refractivity contribution is 5.85. The number of ether oxygens (including phenoxy) is 1. The molecule has 1 aliphatic heterocycles. The second kappa shape index (κ2) is 2.54. The van der Waals surface area contributed by atoms with Crippen LogP contribution >= 0.6 is 0 Å². The number of benzene rings is 1. The summed E-state index contributed by atoms with van der Waals surface area (Å²) in [6, 6.07) is 8.31. The van der Waals surface area contributed by atoms with E-state index in [1.54, 1.807) is 0 Å². The fourth-order valence-corrected chi connectivity index (χ4v) is 1.66. The third-order valence-electron chi connectivity index (χ3n) is 2.39. The molecule has 1 aliphatic rings. The third kappa shape index (κ3) is 1.11. The van der Waals surface area contributed by atoms with Crippen LogP contribution < -0.4 is 0 Å². The molecule has 1 fully saturated rings. The average Bonchev–Trinajstić information content (AvgIpc) is 3.00. The third-order valence-corrected chi connectivity index (χ3v) is 2.39. The molecule has 0 saturated carbocycles. The van der Waals surface area contributed by atoms with Crippen molar-refractivity contribution >= 4 is 10.8 Å². The Balaban J connectivity index is 2.32. The molecule has 0 amide bonds. The molecule has 2 heteroatoms. The minimum absolute atomic E-state index is 0.325. The highest BCUT2D eigenvalue weighted by atomic mass is 16.6. The van der Waals surface area contributed by atoms with Crippen molar-refractivity contribution in [2.45, 2.75) is 6.10 Å². The number of nitrogens with zero attached hydrogens (tertiary/aromatic N) is 1. The standard InChI is InChI=1S/C11H9NO/c1-2-8-6-12-5-4-9(8)10(3-1)11-7-13-11/h1-6,11H,7H2/t11-/m1/s1. The summed E-state index contributed by atoms with van der Waals surface area (Å²) in [6.07, 6.45) is 4.04. The first-order chi connectivity index (χ1) is 6.45. The monoisotopic (exact) mass is 171 g/mol. The molecule has 1 aromatic carbocycles. The summed E-state index contributed by atoms with van der Waals surface area (Å²) in [6.45, 7) is 0.863. The van der Waals surface area contributed by atoms with Crippen LogP contribution in [-0.2, 0) is 4.74 Å². The largest absolute Gasteiger partial charge is 0.368 e. The molecule has 0 bridgehead atoms. The Labute approximate surface area is 76.2 Å². The molecule has 0 aliphatic carbocycles. The predicted molar refractivity (Wildman–Crippen MR) is 50.4 cm³/mol. The number of aromatic nitrogens is 1. The fraction of sp³-hybridized carbons (Fsp3) is 0.182. The second-order valence-electron chi connectivity index (χ2n) is 3.27. The van der Waals surface area contributed by atoms with Crippen molar-refractivity contribution in [3.63, 3.8) is 0 Å². The SMILES string of the molecule is c1cc([C@H]2CO2)c2ccncc2c1. The van der Waals surface area contributed by atoms with E-state index in [9.17, 15) is 0 Å². The Morgan fingerprint density at radius 1 is 1.31 bits per heavy atom. The van der Waals surface area contributed by atoms with Crippen molar-refractivity contribution in [2.24, 2.45) is 0 Å². The molecule has 0 spiro atoms. The highest BCUT2D eigenvalue weighted by Gasteiger charge is 2.26. The Morgan fingerprint density at radius 2 is 2.23 bits per heavy atom. The van der Waals surface area contributed by atoms with Crippen molar-refractivity contribution in [3.05, 3.63) is 42.2 Å². The number of pyridine rings is 1. The number of hydrogen-bond acceptors (Lipinski definition) is 2. The molecule has 1 atom stereocenters. The fourth-order valence-electron chi connectivity index (χ4n) is 1.66. The summed E-state index contributed by atoms with van der Waals surface area (Å²) < 4.78 is 5.28. The van der Waals surface area contributed by atoms with Crippen LogP contribution in [0, 0.1) is 0 Å². The van der Waals surface area contributed by atoms with Crippen LogP contribution in [0.4, 0.5) is 0 Å². The van der Waals surface area contributed by atoms with Crippen molar-refractivity contribution in [1.82, 2.24) is 4.98 Å². The van der Waals surface area contributed by atoms with Gasteiger partial charge in [-0.15, -0.1) is 0 Å². The van der Waals surface area contributed by atoms with Gasteiger partial charge in [-0.25, -0.2) is 0 Å². The molecule has 1 saturated heterocycles. The highest BCUT2D eigenvalue weighted by Crippen LogP contribution is 2.34. The number of fused-ring (bicyclic) bond motifs is 1. The quantitative estimate of drug-likeness (QED) is 0.615. The van der Waals surface area contributed by atoms with Crippen molar-refractivity contribution in [1.29, 1.82) is 0 Å². The van der Waals surface area contributed by atoms with Gasteiger partial charge in [0.2, 0.25) is 0 Å². The summed E-state index contributed by atoms with van der Waals surface area (Å²) in [7, 11) is 0. The molecule has 2 nitrogen and oxygen atoms in total. The molecule has 0 N–H and O–H groups in total. The molecule has 13 heavy (non-hydrogen) atoms.